The summed E-state index contributed by atoms with van der Waals surface area (Å²) in [6, 6.07) is 3.31. The van der Waals surface area contributed by atoms with Gasteiger partial charge in [0.2, 0.25) is 5.95 Å². The second-order valence-electron chi connectivity index (χ2n) is 5.08. The summed E-state index contributed by atoms with van der Waals surface area (Å²) in [7, 11) is 0. The monoisotopic (exact) mass is 250 g/mol. The van der Waals surface area contributed by atoms with Crippen LogP contribution in [0.1, 0.15) is 55.1 Å². The van der Waals surface area contributed by atoms with Gasteiger partial charge in [-0.3, -0.25) is 4.79 Å². The molecule has 0 saturated carbocycles. The fraction of sp³-hybridized carbons (Fsp3) is 0.571. The molecule has 0 unspecified atom stereocenters. The van der Waals surface area contributed by atoms with Gasteiger partial charge in [0.15, 0.2) is 0 Å². The van der Waals surface area contributed by atoms with Gasteiger partial charge in [-0.15, -0.1) is 0 Å². The van der Waals surface area contributed by atoms with Gasteiger partial charge in [-0.25, -0.2) is 4.98 Å². The van der Waals surface area contributed by atoms with Gasteiger partial charge >= 0.3 is 0 Å². The molecule has 0 bridgehead atoms. The van der Waals surface area contributed by atoms with E-state index in [1.165, 1.54) is 0 Å². The summed E-state index contributed by atoms with van der Waals surface area (Å²) in [6.07, 6.45) is 3.22. The zero-order valence-corrected chi connectivity index (χ0v) is 10.9. The number of hydrogen-bond donors (Lipinski definition) is 0. The molecule has 98 valence electrons. The molecule has 0 N–H and O–H groups in total. The number of carbonyl (C=O) groups is 1. The maximum absolute atomic E-state index is 13.7. The van der Waals surface area contributed by atoms with E-state index < -0.39 is 5.95 Å². The zero-order chi connectivity index (χ0) is 13.1. The Hall–Kier alpha value is -1.45. The van der Waals surface area contributed by atoms with Crippen molar-refractivity contribution in [2.45, 2.75) is 39.0 Å². The van der Waals surface area contributed by atoms with Crippen molar-refractivity contribution < 1.29 is 9.18 Å². The van der Waals surface area contributed by atoms with Crippen molar-refractivity contribution in [2.75, 3.05) is 13.1 Å². The summed E-state index contributed by atoms with van der Waals surface area (Å²) in [5.74, 6) is -0.589. The molecule has 4 heteroatoms. The molecule has 1 amide bonds. The number of rotatable bonds is 2. The molecule has 18 heavy (non-hydrogen) atoms. The largest absolute Gasteiger partial charge is 0.337 e. The van der Waals surface area contributed by atoms with Crippen LogP contribution in [0.2, 0.25) is 0 Å². The first kappa shape index (κ1) is 13.0. The van der Waals surface area contributed by atoms with E-state index in [1.54, 1.807) is 17.0 Å². The number of amides is 1. The molecule has 2 heterocycles. The third-order valence-corrected chi connectivity index (χ3v) is 3.36. The summed E-state index contributed by atoms with van der Waals surface area (Å²) < 4.78 is 13.7. The standard InChI is InChI=1S/C14H19FN2O/c1-10(2)11-6-7-12(16-13(11)15)14(18)17-8-4-3-5-9-17/h6-7,10H,3-5,8-9H2,1-2H3. The fourth-order valence-electron chi connectivity index (χ4n) is 2.25. The molecule has 0 aromatic carbocycles. The molecular formula is C14H19FN2O. The molecule has 1 aliphatic rings. The van der Waals surface area contributed by atoms with E-state index in [0.29, 0.717) is 5.56 Å². The van der Waals surface area contributed by atoms with E-state index in [0.717, 1.165) is 32.4 Å². The molecule has 3 nitrogen and oxygen atoms in total. The van der Waals surface area contributed by atoms with Crippen LogP contribution in [0, 0.1) is 5.95 Å². The first-order valence-electron chi connectivity index (χ1n) is 6.55. The summed E-state index contributed by atoms with van der Waals surface area (Å²) in [6.45, 7) is 5.33. The van der Waals surface area contributed by atoms with Crippen LogP contribution in [-0.2, 0) is 0 Å². The number of likely N-dealkylation sites (tertiary alicyclic amines) is 1. The smallest absolute Gasteiger partial charge is 0.272 e. The maximum Gasteiger partial charge on any atom is 0.272 e. The Labute approximate surface area is 107 Å². The normalized spacial score (nSPS) is 16.1. The van der Waals surface area contributed by atoms with E-state index in [-0.39, 0.29) is 17.5 Å². The number of hydrogen-bond acceptors (Lipinski definition) is 2. The Kier molecular flexibility index (Phi) is 3.94. The van der Waals surface area contributed by atoms with Gasteiger partial charge in [0.1, 0.15) is 5.69 Å². The van der Waals surface area contributed by atoms with Crippen molar-refractivity contribution in [1.29, 1.82) is 0 Å². The highest BCUT2D eigenvalue weighted by Crippen LogP contribution is 2.18. The van der Waals surface area contributed by atoms with Gasteiger partial charge in [0.05, 0.1) is 0 Å². The molecule has 0 aliphatic carbocycles. The predicted molar refractivity (Wildman–Crippen MR) is 68.0 cm³/mol. The van der Waals surface area contributed by atoms with E-state index >= 15 is 0 Å². The molecule has 1 fully saturated rings. The van der Waals surface area contributed by atoms with Gasteiger partial charge in [0, 0.05) is 18.7 Å². The quantitative estimate of drug-likeness (QED) is 0.756. The average Bonchev–Trinajstić information content (AvgIpc) is 2.38. The molecule has 0 spiro atoms. The lowest BCUT2D eigenvalue weighted by Crippen LogP contribution is -2.36. The third kappa shape index (κ3) is 2.68. The van der Waals surface area contributed by atoms with Gasteiger partial charge in [0.25, 0.3) is 5.91 Å². The highest BCUT2D eigenvalue weighted by molar-refractivity contribution is 5.92. The van der Waals surface area contributed by atoms with E-state index in [4.69, 9.17) is 0 Å². The highest BCUT2D eigenvalue weighted by Gasteiger charge is 2.20. The topological polar surface area (TPSA) is 33.2 Å². The van der Waals surface area contributed by atoms with Gasteiger partial charge in [-0.1, -0.05) is 19.9 Å². The minimum Gasteiger partial charge on any atom is -0.337 e. The minimum absolute atomic E-state index is 0.0802. The maximum atomic E-state index is 13.7. The van der Waals surface area contributed by atoms with E-state index in [9.17, 15) is 9.18 Å². The van der Waals surface area contributed by atoms with Gasteiger partial charge in [-0.2, -0.15) is 4.39 Å². The Morgan fingerprint density at radius 3 is 2.50 bits per heavy atom. The van der Waals surface area contributed by atoms with Crippen LogP contribution in [0.3, 0.4) is 0 Å². The van der Waals surface area contributed by atoms with Crippen LogP contribution < -0.4 is 0 Å². The predicted octanol–water partition coefficient (Wildman–Crippen LogP) is 2.97. The number of carbonyl (C=O) groups excluding carboxylic acids is 1. The third-order valence-electron chi connectivity index (χ3n) is 3.36. The Balaban J connectivity index is 2.18. The molecule has 0 atom stereocenters. The summed E-state index contributed by atoms with van der Waals surface area (Å²) in [5.41, 5.74) is 0.781. The van der Waals surface area contributed by atoms with E-state index in [2.05, 4.69) is 4.98 Å². The molecule has 2 rings (SSSR count). The van der Waals surface area contributed by atoms with Crippen molar-refractivity contribution in [2.24, 2.45) is 0 Å². The van der Waals surface area contributed by atoms with Crippen LogP contribution >= 0.6 is 0 Å². The zero-order valence-electron chi connectivity index (χ0n) is 10.9. The lowest BCUT2D eigenvalue weighted by Gasteiger charge is -2.26. The lowest BCUT2D eigenvalue weighted by atomic mass is 10.0. The number of halogens is 1. The van der Waals surface area contributed by atoms with Gasteiger partial charge in [-0.05, 0) is 31.2 Å². The van der Waals surface area contributed by atoms with Crippen molar-refractivity contribution in [3.63, 3.8) is 0 Å². The minimum atomic E-state index is -0.521. The van der Waals surface area contributed by atoms with Gasteiger partial charge < -0.3 is 4.90 Å². The first-order chi connectivity index (χ1) is 8.59. The number of pyridine rings is 1. The van der Waals surface area contributed by atoms with Crippen molar-refractivity contribution in [1.82, 2.24) is 9.88 Å². The Morgan fingerprint density at radius 2 is 1.94 bits per heavy atom. The second kappa shape index (κ2) is 5.46. The van der Waals surface area contributed by atoms with Crippen molar-refractivity contribution in [3.05, 3.63) is 29.3 Å². The van der Waals surface area contributed by atoms with Crippen LogP contribution in [0.15, 0.2) is 12.1 Å². The summed E-state index contributed by atoms with van der Waals surface area (Å²) in [4.78, 5) is 17.7. The molecule has 1 aromatic rings. The van der Waals surface area contributed by atoms with Crippen LogP contribution in [0.25, 0.3) is 0 Å². The van der Waals surface area contributed by atoms with Crippen LogP contribution in [0.4, 0.5) is 4.39 Å². The second-order valence-corrected chi connectivity index (χ2v) is 5.08. The molecule has 1 aromatic heterocycles. The summed E-state index contributed by atoms with van der Waals surface area (Å²) >= 11 is 0. The van der Waals surface area contributed by atoms with Crippen molar-refractivity contribution >= 4 is 5.91 Å². The molecule has 1 saturated heterocycles. The molecule has 1 aliphatic heterocycles. The summed E-state index contributed by atoms with van der Waals surface area (Å²) in [5, 5.41) is 0. The van der Waals surface area contributed by atoms with E-state index in [1.807, 2.05) is 13.8 Å². The number of nitrogens with zero attached hydrogens (tertiary/aromatic N) is 2. The Bertz CT molecular complexity index is 439. The van der Waals surface area contributed by atoms with Crippen LogP contribution in [-0.4, -0.2) is 28.9 Å². The lowest BCUT2D eigenvalue weighted by molar-refractivity contribution is 0.0717. The number of aromatic nitrogens is 1. The average molecular weight is 250 g/mol. The number of piperidine rings is 1. The molecular weight excluding hydrogens is 231 g/mol. The first-order valence-corrected chi connectivity index (χ1v) is 6.55. The Morgan fingerprint density at radius 1 is 1.28 bits per heavy atom. The fourth-order valence-corrected chi connectivity index (χ4v) is 2.25. The SMILES string of the molecule is CC(C)c1ccc(C(=O)N2CCCCC2)nc1F. The van der Waals surface area contributed by atoms with Crippen molar-refractivity contribution in [3.8, 4) is 0 Å². The molecule has 0 radical (unpaired) electrons. The van der Waals surface area contributed by atoms with Crippen LogP contribution in [0.5, 0.6) is 0 Å². The highest BCUT2D eigenvalue weighted by atomic mass is 19.1.